The number of piperazine rings is 1. The molecular formula is C21H33N3O3. The fourth-order valence-electron chi connectivity index (χ4n) is 4.48. The van der Waals surface area contributed by atoms with Gasteiger partial charge in [0.05, 0.1) is 6.26 Å². The Labute approximate surface area is 162 Å². The average molecular weight is 376 g/mol. The Hall–Kier alpha value is -1.63. The molecule has 150 valence electrons. The van der Waals surface area contributed by atoms with E-state index < -0.39 is 5.97 Å². The minimum atomic E-state index is -0.682. The van der Waals surface area contributed by atoms with Crippen LogP contribution in [-0.4, -0.2) is 84.7 Å². The first-order valence-electron chi connectivity index (χ1n) is 10.1. The Kier molecular flexibility index (Phi) is 7.10. The van der Waals surface area contributed by atoms with Crippen molar-refractivity contribution in [2.45, 2.75) is 32.2 Å². The van der Waals surface area contributed by atoms with Crippen LogP contribution in [0.15, 0.2) is 28.4 Å². The number of hydrogen-bond donors (Lipinski definition) is 1. The molecule has 1 N–H and O–H groups in total. The fraction of sp³-hybridized carbons (Fsp3) is 0.667. The molecule has 2 aliphatic rings. The molecule has 0 aliphatic carbocycles. The highest BCUT2D eigenvalue weighted by molar-refractivity contribution is 5.66. The molecule has 0 aromatic carbocycles. The topological polar surface area (TPSA) is 60.2 Å². The number of carboxylic acid groups (broad SMARTS) is 1. The maximum absolute atomic E-state index is 11.2. The molecule has 2 aliphatic heterocycles. The van der Waals surface area contributed by atoms with Gasteiger partial charge in [0.15, 0.2) is 0 Å². The second kappa shape index (κ2) is 9.53. The van der Waals surface area contributed by atoms with E-state index in [0.29, 0.717) is 12.0 Å². The molecule has 3 rings (SSSR count). The Morgan fingerprint density at radius 2 is 2.07 bits per heavy atom. The molecule has 6 heteroatoms. The van der Waals surface area contributed by atoms with Gasteiger partial charge < -0.3 is 14.4 Å². The number of rotatable bonds is 7. The van der Waals surface area contributed by atoms with E-state index in [0.717, 1.165) is 64.4 Å². The number of furan rings is 1. The number of nitrogens with zero attached hydrogens (tertiary/aromatic N) is 3. The van der Waals surface area contributed by atoms with E-state index in [1.54, 1.807) is 6.26 Å². The molecule has 0 bridgehead atoms. The number of piperidine rings is 1. The number of carboxylic acids is 1. The van der Waals surface area contributed by atoms with Crippen molar-refractivity contribution in [3.05, 3.63) is 29.7 Å². The van der Waals surface area contributed by atoms with Crippen LogP contribution < -0.4 is 0 Å². The van der Waals surface area contributed by atoms with Crippen LogP contribution in [0.2, 0.25) is 0 Å². The summed E-state index contributed by atoms with van der Waals surface area (Å²) >= 11 is 0. The minimum Gasteiger partial charge on any atom is -0.481 e. The fourth-order valence-corrected chi connectivity index (χ4v) is 4.48. The quantitative estimate of drug-likeness (QED) is 0.790. The van der Waals surface area contributed by atoms with Crippen LogP contribution in [0.1, 0.15) is 31.9 Å². The zero-order valence-electron chi connectivity index (χ0n) is 16.6. The largest absolute Gasteiger partial charge is 0.481 e. The average Bonchev–Trinajstić information content (AvgIpc) is 3.14. The number of likely N-dealkylation sites (tertiary alicyclic amines) is 1. The second-order valence-corrected chi connectivity index (χ2v) is 8.13. The molecule has 0 radical (unpaired) electrons. The normalized spacial score (nSPS) is 26.4. The first-order valence-corrected chi connectivity index (χ1v) is 10.1. The molecule has 0 unspecified atom stereocenters. The molecule has 2 fully saturated rings. The van der Waals surface area contributed by atoms with Crippen molar-refractivity contribution >= 4 is 12.0 Å². The Morgan fingerprint density at radius 1 is 1.30 bits per heavy atom. The summed E-state index contributed by atoms with van der Waals surface area (Å²) in [5.74, 6) is 0.634. The lowest BCUT2D eigenvalue weighted by Gasteiger charge is -2.46. The van der Waals surface area contributed by atoms with Gasteiger partial charge in [-0.25, -0.2) is 0 Å². The van der Waals surface area contributed by atoms with Gasteiger partial charge in [0.2, 0.25) is 0 Å². The van der Waals surface area contributed by atoms with Crippen LogP contribution in [0.5, 0.6) is 0 Å². The van der Waals surface area contributed by atoms with Crippen molar-refractivity contribution in [1.29, 1.82) is 0 Å². The molecule has 1 aromatic rings. The van der Waals surface area contributed by atoms with Crippen LogP contribution in [0.25, 0.3) is 6.08 Å². The minimum absolute atomic E-state index is 0.268. The van der Waals surface area contributed by atoms with Gasteiger partial charge in [-0.2, -0.15) is 0 Å². The van der Waals surface area contributed by atoms with Gasteiger partial charge in [-0.05, 0) is 57.5 Å². The van der Waals surface area contributed by atoms with E-state index >= 15 is 0 Å². The first kappa shape index (κ1) is 20.1. The zero-order valence-corrected chi connectivity index (χ0v) is 16.6. The van der Waals surface area contributed by atoms with Gasteiger partial charge in [-0.3, -0.25) is 14.6 Å². The van der Waals surface area contributed by atoms with Crippen LogP contribution >= 0.6 is 0 Å². The summed E-state index contributed by atoms with van der Waals surface area (Å²) in [7, 11) is 2.18. The summed E-state index contributed by atoms with van der Waals surface area (Å²) in [5.41, 5.74) is 1.28. The first-order chi connectivity index (χ1) is 13.0. The molecule has 2 atom stereocenters. The van der Waals surface area contributed by atoms with Gasteiger partial charge in [-0.15, -0.1) is 0 Å². The molecule has 6 nitrogen and oxygen atoms in total. The van der Waals surface area contributed by atoms with E-state index in [9.17, 15) is 9.90 Å². The second-order valence-electron chi connectivity index (χ2n) is 8.13. The summed E-state index contributed by atoms with van der Waals surface area (Å²) in [6, 6.07) is 4.39. The Bertz CT molecular complexity index is 621. The predicted molar refractivity (Wildman–Crippen MR) is 107 cm³/mol. The molecule has 0 amide bonds. The standard InChI is InChI=1S/C21H33N3O3/c1-17(14-19-4-3-13-27-19)15-23-8-7-20(18(16-23)5-6-21(25)26)24-11-9-22(2)10-12-24/h3-4,13-14,18,20H,5-12,15-16H2,1-2H3,(H,25,26)/b17-14+/t18-,20+/m0/s1. The highest BCUT2D eigenvalue weighted by atomic mass is 16.4. The number of aliphatic carboxylic acids is 1. The highest BCUT2D eigenvalue weighted by Gasteiger charge is 2.34. The van der Waals surface area contributed by atoms with Crippen molar-refractivity contribution in [2.75, 3.05) is 52.9 Å². The zero-order chi connectivity index (χ0) is 19.2. The Balaban J connectivity index is 1.60. The van der Waals surface area contributed by atoms with E-state index in [1.807, 2.05) is 12.1 Å². The van der Waals surface area contributed by atoms with Crippen molar-refractivity contribution in [2.24, 2.45) is 5.92 Å². The molecule has 27 heavy (non-hydrogen) atoms. The summed E-state index contributed by atoms with van der Waals surface area (Å²) < 4.78 is 5.41. The molecular weight excluding hydrogens is 342 g/mol. The van der Waals surface area contributed by atoms with Gasteiger partial charge in [0.25, 0.3) is 0 Å². The highest BCUT2D eigenvalue weighted by Crippen LogP contribution is 2.27. The molecule has 2 saturated heterocycles. The summed E-state index contributed by atoms with van der Waals surface area (Å²) in [6.45, 7) is 9.52. The lowest BCUT2D eigenvalue weighted by molar-refractivity contribution is -0.137. The maximum Gasteiger partial charge on any atom is 0.303 e. The maximum atomic E-state index is 11.2. The van der Waals surface area contributed by atoms with Crippen molar-refractivity contribution in [1.82, 2.24) is 14.7 Å². The van der Waals surface area contributed by atoms with E-state index in [-0.39, 0.29) is 6.42 Å². The van der Waals surface area contributed by atoms with Crippen molar-refractivity contribution in [3.63, 3.8) is 0 Å². The third kappa shape index (κ3) is 5.92. The lowest BCUT2D eigenvalue weighted by atomic mass is 9.86. The van der Waals surface area contributed by atoms with Crippen LogP contribution in [0, 0.1) is 5.92 Å². The smallest absolute Gasteiger partial charge is 0.303 e. The summed E-state index contributed by atoms with van der Waals surface area (Å²) in [4.78, 5) is 18.6. The number of carbonyl (C=O) groups is 1. The predicted octanol–water partition coefficient (Wildman–Crippen LogP) is 2.49. The lowest BCUT2D eigenvalue weighted by Crippen LogP contribution is -2.56. The monoisotopic (exact) mass is 375 g/mol. The van der Waals surface area contributed by atoms with Crippen molar-refractivity contribution < 1.29 is 14.3 Å². The molecule has 1 aromatic heterocycles. The van der Waals surface area contributed by atoms with E-state index in [1.165, 1.54) is 5.57 Å². The van der Waals surface area contributed by atoms with Gasteiger partial charge >= 0.3 is 5.97 Å². The third-order valence-electron chi connectivity index (χ3n) is 5.92. The van der Waals surface area contributed by atoms with Crippen LogP contribution in [0.3, 0.4) is 0 Å². The van der Waals surface area contributed by atoms with Gasteiger partial charge in [0.1, 0.15) is 5.76 Å². The Morgan fingerprint density at radius 3 is 2.74 bits per heavy atom. The van der Waals surface area contributed by atoms with Crippen LogP contribution in [0.4, 0.5) is 0 Å². The van der Waals surface area contributed by atoms with E-state index in [2.05, 4.69) is 34.7 Å². The number of likely N-dealkylation sites (N-methyl/N-ethyl adjacent to an activating group) is 1. The molecule has 3 heterocycles. The van der Waals surface area contributed by atoms with Gasteiger partial charge in [0, 0.05) is 51.7 Å². The van der Waals surface area contributed by atoms with E-state index in [4.69, 9.17) is 4.42 Å². The third-order valence-corrected chi connectivity index (χ3v) is 5.92. The van der Waals surface area contributed by atoms with Crippen LogP contribution in [-0.2, 0) is 4.79 Å². The van der Waals surface area contributed by atoms with Gasteiger partial charge in [-0.1, -0.05) is 5.57 Å². The summed E-state index contributed by atoms with van der Waals surface area (Å²) in [6.07, 6.45) is 5.96. The SMILES string of the molecule is C/C(=C\c1ccco1)CN1CC[C@@H](N2CCN(C)CC2)[C@@H](CCC(=O)O)C1. The number of hydrogen-bond acceptors (Lipinski definition) is 5. The molecule has 0 spiro atoms. The van der Waals surface area contributed by atoms with Crippen molar-refractivity contribution in [3.8, 4) is 0 Å². The summed E-state index contributed by atoms with van der Waals surface area (Å²) in [5, 5.41) is 9.18. The molecule has 0 saturated carbocycles.